The average Bonchev–Trinajstić information content (AvgIpc) is 3.25. The van der Waals surface area contributed by atoms with Crippen LogP contribution in [0, 0.1) is 33.6 Å². The minimum Gasteiger partial charge on any atom is -0.497 e. The Morgan fingerprint density at radius 3 is 2.43 bits per heavy atom. The molecule has 0 aliphatic carbocycles. The molecule has 37 heavy (non-hydrogen) atoms. The van der Waals surface area contributed by atoms with Crippen LogP contribution in [0.25, 0.3) is 12.2 Å². The third-order valence-electron chi connectivity index (χ3n) is 6.68. The minimum atomic E-state index is -3.93. The Kier molecular flexibility index (Phi) is 7.85. The molecule has 1 N–H and O–H groups in total. The predicted molar refractivity (Wildman–Crippen MR) is 144 cm³/mol. The number of nitrogens with one attached hydrogen (secondary N) is 1. The van der Waals surface area contributed by atoms with E-state index in [1.807, 2.05) is 26.8 Å². The summed E-state index contributed by atoms with van der Waals surface area (Å²) in [7, 11) is -2.35. The number of carbonyl (C=O) groups excluding carboxylic acids is 1. The molecule has 1 amide bonds. The standard InChI is InChI=1S/C28H33N3O5S/c1-18-15-19(2)25(20(3)16-18)12-13-26-27(21(4)30-36-26)37(33,34)31-14-6-7-22(17-31)28(32)29-23-8-10-24(35-5)11-9-23/h8-13,15-16,22H,6-7,14,17H2,1-5H3,(H,29,32)/b13-12+/t22-/m0/s1. The fourth-order valence-electron chi connectivity index (χ4n) is 4.83. The third-order valence-corrected chi connectivity index (χ3v) is 8.71. The lowest BCUT2D eigenvalue weighted by molar-refractivity contribution is -0.120. The van der Waals surface area contributed by atoms with Gasteiger partial charge in [-0.2, -0.15) is 4.31 Å². The molecule has 1 aliphatic heterocycles. The van der Waals surface area contributed by atoms with Crippen LogP contribution in [0.3, 0.4) is 0 Å². The van der Waals surface area contributed by atoms with Crippen LogP contribution in [0.4, 0.5) is 5.69 Å². The highest BCUT2D eigenvalue weighted by molar-refractivity contribution is 7.89. The van der Waals surface area contributed by atoms with Gasteiger partial charge in [-0.25, -0.2) is 8.42 Å². The van der Waals surface area contributed by atoms with Gasteiger partial charge in [-0.15, -0.1) is 0 Å². The molecular weight excluding hydrogens is 490 g/mol. The molecule has 1 fully saturated rings. The summed E-state index contributed by atoms with van der Waals surface area (Å²) < 4.78 is 39.4. The van der Waals surface area contributed by atoms with Crippen LogP contribution in [-0.2, 0) is 14.8 Å². The molecular formula is C28H33N3O5S. The van der Waals surface area contributed by atoms with Crippen molar-refractivity contribution in [2.45, 2.75) is 45.4 Å². The van der Waals surface area contributed by atoms with Crippen molar-refractivity contribution in [3.63, 3.8) is 0 Å². The van der Waals surface area contributed by atoms with Crippen molar-refractivity contribution >= 4 is 33.8 Å². The lowest BCUT2D eigenvalue weighted by Gasteiger charge is -2.31. The van der Waals surface area contributed by atoms with E-state index in [0.717, 1.165) is 16.7 Å². The smallest absolute Gasteiger partial charge is 0.248 e. The SMILES string of the molecule is COc1ccc(NC(=O)[C@H]2CCCN(S(=O)(=O)c3c(C)noc3/C=C/c3c(C)cc(C)cc3C)C2)cc1. The largest absolute Gasteiger partial charge is 0.497 e. The van der Waals surface area contributed by atoms with Crippen molar-refractivity contribution in [3.05, 3.63) is 70.1 Å². The summed E-state index contributed by atoms with van der Waals surface area (Å²) in [6.07, 6.45) is 4.71. The van der Waals surface area contributed by atoms with E-state index in [4.69, 9.17) is 9.26 Å². The van der Waals surface area contributed by atoms with Crippen LogP contribution in [0.5, 0.6) is 5.75 Å². The van der Waals surface area contributed by atoms with Gasteiger partial charge in [-0.05, 0) is 87.6 Å². The Morgan fingerprint density at radius 2 is 1.78 bits per heavy atom. The Balaban J connectivity index is 1.54. The maximum absolute atomic E-state index is 13.7. The molecule has 2 heterocycles. The molecule has 1 aromatic heterocycles. The summed E-state index contributed by atoms with van der Waals surface area (Å²) in [4.78, 5) is 13.0. The second-order valence-electron chi connectivity index (χ2n) is 9.53. The van der Waals surface area contributed by atoms with E-state index < -0.39 is 15.9 Å². The molecule has 3 aromatic rings. The van der Waals surface area contributed by atoms with E-state index in [0.29, 0.717) is 36.5 Å². The number of carbonyl (C=O) groups is 1. The van der Waals surface area contributed by atoms with Crippen LogP contribution < -0.4 is 10.1 Å². The van der Waals surface area contributed by atoms with Gasteiger partial charge in [0.05, 0.1) is 13.0 Å². The van der Waals surface area contributed by atoms with Crippen LogP contribution in [0.1, 0.15) is 46.5 Å². The zero-order valence-electron chi connectivity index (χ0n) is 21.9. The molecule has 4 rings (SSSR count). The van der Waals surface area contributed by atoms with Gasteiger partial charge in [0.1, 0.15) is 11.4 Å². The van der Waals surface area contributed by atoms with Gasteiger partial charge in [0.2, 0.25) is 15.9 Å². The first kappa shape index (κ1) is 26.6. The molecule has 9 heteroatoms. The van der Waals surface area contributed by atoms with Crippen molar-refractivity contribution in [2.24, 2.45) is 5.92 Å². The number of ether oxygens (including phenoxy) is 1. The fraction of sp³-hybridized carbons (Fsp3) is 0.357. The van der Waals surface area contributed by atoms with Gasteiger partial charge in [-0.1, -0.05) is 28.9 Å². The normalized spacial score (nSPS) is 16.7. The number of sulfonamides is 1. The summed E-state index contributed by atoms with van der Waals surface area (Å²) >= 11 is 0. The second kappa shape index (κ2) is 10.9. The number of rotatable bonds is 7. The molecule has 8 nitrogen and oxygen atoms in total. The van der Waals surface area contributed by atoms with E-state index in [2.05, 4.69) is 22.6 Å². The zero-order valence-corrected chi connectivity index (χ0v) is 22.7. The maximum atomic E-state index is 13.7. The quantitative estimate of drug-likeness (QED) is 0.461. The van der Waals surface area contributed by atoms with Crippen LogP contribution >= 0.6 is 0 Å². The number of hydrogen-bond acceptors (Lipinski definition) is 6. The lowest BCUT2D eigenvalue weighted by Crippen LogP contribution is -2.43. The van der Waals surface area contributed by atoms with Crippen LogP contribution in [0.2, 0.25) is 0 Å². The highest BCUT2D eigenvalue weighted by atomic mass is 32.2. The van der Waals surface area contributed by atoms with Gasteiger partial charge >= 0.3 is 0 Å². The topological polar surface area (TPSA) is 102 Å². The molecule has 2 aromatic carbocycles. The lowest BCUT2D eigenvalue weighted by atomic mass is 9.98. The van der Waals surface area contributed by atoms with Crippen molar-refractivity contribution in [2.75, 3.05) is 25.5 Å². The first-order valence-electron chi connectivity index (χ1n) is 12.3. The first-order chi connectivity index (χ1) is 17.6. The number of piperidine rings is 1. The van der Waals surface area contributed by atoms with Gasteiger partial charge in [0.25, 0.3) is 0 Å². The highest BCUT2D eigenvalue weighted by Gasteiger charge is 2.37. The van der Waals surface area contributed by atoms with E-state index in [1.54, 1.807) is 44.4 Å². The number of anilines is 1. The van der Waals surface area contributed by atoms with E-state index >= 15 is 0 Å². The Bertz CT molecular complexity index is 1400. The number of amides is 1. The molecule has 0 spiro atoms. The van der Waals surface area contributed by atoms with Crippen LogP contribution in [0.15, 0.2) is 45.8 Å². The van der Waals surface area contributed by atoms with Crippen molar-refractivity contribution in [1.29, 1.82) is 0 Å². The molecule has 1 aliphatic rings. The van der Waals surface area contributed by atoms with Gasteiger partial charge in [-0.3, -0.25) is 4.79 Å². The molecule has 0 bridgehead atoms. The summed E-state index contributed by atoms with van der Waals surface area (Å²) in [6, 6.07) is 11.2. The molecule has 0 radical (unpaired) electrons. The third kappa shape index (κ3) is 5.78. The highest BCUT2D eigenvalue weighted by Crippen LogP contribution is 2.30. The van der Waals surface area contributed by atoms with E-state index in [1.165, 1.54) is 9.87 Å². The van der Waals surface area contributed by atoms with Crippen molar-refractivity contribution in [3.8, 4) is 5.75 Å². The second-order valence-corrected chi connectivity index (χ2v) is 11.4. The predicted octanol–water partition coefficient (Wildman–Crippen LogP) is 5.13. The number of aromatic nitrogens is 1. The fourth-order valence-corrected chi connectivity index (χ4v) is 6.61. The Labute approximate surface area is 218 Å². The maximum Gasteiger partial charge on any atom is 0.248 e. The number of methoxy groups -OCH3 is 1. The van der Waals surface area contributed by atoms with Gasteiger partial charge in [0, 0.05) is 18.8 Å². The number of nitrogens with zero attached hydrogens (tertiary/aromatic N) is 2. The summed E-state index contributed by atoms with van der Waals surface area (Å²) in [6.45, 7) is 8.13. The summed E-state index contributed by atoms with van der Waals surface area (Å²) in [5.74, 6) is 0.191. The zero-order chi connectivity index (χ0) is 26.7. The number of benzene rings is 2. The average molecular weight is 524 g/mol. The van der Waals surface area contributed by atoms with Crippen LogP contribution in [-0.4, -0.2) is 44.0 Å². The summed E-state index contributed by atoms with van der Waals surface area (Å²) in [5.41, 5.74) is 5.29. The molecule has 1 saturated heterocycles. The first-order valence-corrected chi connectivity index (χ1v) is 13.7. The minimum absolute atomic E-state index is 0.0439. The molecule has 196 valence electrons. The van der Waals surface area contributed by atoms with Gasteiger partial charge in [0.15, 0.2) is 10.7 Å². The molecule has 0 saturated carbocycles. The molecule has 1 atom stereocenters. The Morgan fingerprint density at radius 1 is 1.11 bits per heavy atom. The van der Waals surface area contributed by atoms with Gasteiger partial charge < -0.3 is 14.6 Å². The Hall–Kier alpha value is -3.43. The molecule has 0 unspecified atom stereocenters. The number of hydrogen-bond donors (Lipinski definition) is 1. The monoisotopic (exact) mass is 523 g/mol. The number of aryl methyl sites for hydroxylation is 4. The summed E-state index contributed by atoms with van der Waals surface area (Å²) in [5, 5.41) is 6.84. The van der Waals surface area contributed by atoms with E-state index in [-0.39, 0.29) is 23.1 Å². The van der Waals surface area contributed by atoms with E-state index in [9.17, 15) is 13.2 Å². The van der Waals surface area contributed by atoms with Crippen molar-refractivity contribution in [1.82, 2.24) is 9.46 Å². The van der Waals surface area contributed by atoms with Crippen molar-refractivity contribution < 1.29 is 22.5 Å².